The second-order valence-electron chi connectivity index (χ2n) is 4.54. The minimum Gasteiger partial charge on any atom is -0.481 e. The Balaban J connectivity index is 2.31. The molecule has 0 saturated heterocycles. The Morgan fingerprint density at radius 2 is 2.05 bits per heavy atom. The van der Waals surface area contributed by atoms with E-state index in [0.717, 1.165) is 5.39 Å². The number of carboxylic acid groups (broad SMARTS) is 1. The molecule has 1 amide bonds. The van der Waals surface area contributed by atoms with E-state index in [1.807, 2.05) is 18.2 Å². The second kappa shape index (κ2) is 6.54. The van der Waals surface area contributed by atoms with Crippen LogP contribution in [0.25, 0.3) is 10.9 Å². The van der Waals surface area contributed by atoms with Crippen LogP contribution in [-0.4, -0.2) is 40.0 Å². The SMILES string of the molecule is CCN(CCC(=O)O)C(=O)c1cc(Cl)c2ccccc2n1. The van der Waals surface area contributed by atoms with E-state index in [-0.39, 0.29) is 24.6 Å². The number of halogens is 1. The van der Waals surface area contributed by atoms with Crippen molar-refractivity contribution < 1.29 is 14.7 Å². The fourth-order valence-corrected chi connectivity index (χ4v) is 2.30. The van der Waals surface area contributed by atoms with Crippen LogP contribution >= 0.6 is 11.6 Å². The first kappa shape index (κ1) is 15.3. The average molecular weight is 307 g/mol. The van der Waals surface area contributed by atoms with Gasteiger partial charge in [0.05, 0.1) is 17.0 Å². The van der Waals surface area contributed by atoms with E-state index in [2.05, 4.69) is 4.98 Å². The van der Waals surface area contributed by atoms with Gasteiger partial charge in [0, 0.05) is 18.5 Å². The van der Waals surface area contributed by atoms with E-state index in [1.165, 1.54) is 11.0 Å². The number of hydrogen-bond donors (Lipinski definition) is 1. The number of benzene rings is 1. The van der Waals surface area contributed by atoms with Crippen molar-refractivity contribution in [3.8, 4) is 0 Å². The van der Waals surface area contributed by atoms with Crippen LogP contribution in [0, 0.1) is 0 Å². The number of fused-ring (bicyclic) bond motifs is 1. The van der Waals surface area contributed by atoms with Gasteiger partial charge in [0.25, 0.3) is 5.91 Å². The average Bonchev–Trinajstić information content (AvgIpc) is 2.47. The Kier molecular flexibility index (Phi) is 4.75. The molecule has 21 heavy (non-hydrogen) atoms. The third-order valence-electron chi connectivity index (χ3n) is 3.15. The fraction of sp³-hybridized carbons (Fsp3) is 0.267. The molecule has 0 atom stereocenters. The molecule has 110 valence electrons. The normalized spacial score (nSPS) is 10.6. The Morgan fingerprint density at radius 1 is 1.33 bits per heavy atom. The molecule has 0 unspecified atom stereocenters. The summed E-state index contributed by atoms with van der Waals surface area (Å²) in [4.78, 5) is 28.8. The lowest BCUT2D eigenvalue weighted by Crippen LogP contribution is -2.33. The largest absolute Gasteiger partial charge is 0.481 e. The number of rotatable bonds is 5. The maximum atomic E-state index is 12.4. The number of amides is 1. The van der Waals surface area contributed by atoms with Crippen molar-refractivity contribution >= 4 is 34.4 Å². The predicted octanol–water partition coefficient (Wildman–Crippen LogP) is 2.83. The molecule has 0 spiro atoms. The summed E-state index contributed by atoms with van der Waals surface area (Å²) < 4.78 is 0. The summed E-state index contributed by atoms with van der Waals surface area (Å²) in [6.07, 6.45) is -0.0963. The molecule has 5 nitrogen and oxygen atoms in total. The predicted molar refractivity (Wildman–Crippen MR) is 80.6 cm³/mol. The molecule has 0 bridgehead atoms. The van der Waals surface area contributed by atoms with Crippen molar-refractivity contribution in [1.29, 1.82) is 0 Å². The standard InChI is InChI=1S/C15H15ClN2O3/c1-2-18(8-7-14(19)20)15(21)13-9-11(16)10-5-3-4-6-12(10)17-13/h3-6,9H,2,7-8H2,1H3,(H,19,20). The van der Waals surface area contributed by atoms with Crippen molar-refractivity contribution in [2.45, 2.75) is 13.3 Å². The van der Waals surface area contributed by atoms with Gasteiger partial charge in [-0.15, -0.1) is 0 Å². The van der Waals surface area contributed by atoms with Crippen LogP contribution in [0.2, 0.25) is 5.02 Å². The Bertz CT molecular complexity index is 688. The van der Waals surface area contributed by atoms with Gasteiger partial charge in [-0.25, -0.2) is 4.98 Å². The summed E-state index contributed by atoms with van der Waals surface area (Å²) >= 11 is 6.18. The number of aromatic nitrogens is 1. The van der Waals surface area contributed by atoms with E-state index in [9.17, 15) is 9.59 Å². The molecule has 1 heterocycles. The lowest BCUT2D eigenvalue weighted by atomic mass is 10.2. The molecule has 1 aromatic carbocycles. The van der Waals surface area contributed by atoms with Gasteiger partial charge in [-0.2, -0.15) is 0 Å². The van der Waals surface area contributed by atoms with Crippen LogP contribution in [0.1, 0.15) is 23.8 Å². The van der Waals surface area contributed by atoms with Crippen molar-refractivity contribution in [3.63, 3.8) is 0 Å². The number of para-hydroxylation sites is 1. The summed E-state index contributed by atoms with van der Waals surface area (Å²) in [6, 6.07) is 8.81. The first-order valence-corrected chi connectivity index (χ1v) is 6.97. The van der Waals surface area contributed by atoms with E-state index in [4.69, 9.17) is 16.7 Å². The zero-order valence-corrected chi connectivity index (χ0v) is 12.3. The number of hydrogen-bond acceptors (Lipinski definition) is 3. The van der Waals surface area contributed by atoms with Crippen molar-refractivity contribution in [2.75, 3.05) is 13.1 Å². The maximum Gasteiger partial charge on any atom is 0.305 e. The topological polar surface area (TPSA) is 70.5 Å². The zero-order valence-electron chi connectivity index (χ0n) is 11.5. The lowest BCUT2D eigenvalue weighted by Gasteiger charge is -2.19. The van der Waals surface area contributed by atoms with Gasteiger partial charge in [0.15, 0.2) is 0 Å². The van der Waals surface area contributed by atoms with Crippen LogP contribution < -0.4 is 0 Å². The second-order valence-corrected chi connectivity index (χ2v) is 4.94. The first-order valence-electron chi connectivity index (χ1n) is 6.59. The van der Waals surface area contributed by atoms with Gasteiger partial charge in [-0.1, -0.05) is 29.8 Å². The highest BCUT2D eigenvalue weighted by molar-refractivity contribution is 6.35. The number of nitrogens with zero attached hydrogens (tertiary/aromatic N) is 2. The minimum atomic E-state index is -0.939. The molecule has 0 aliphatic rings. The molecule has 2 aromatic rings. The monoisotopic (exact) mass is 306 g/mol. The summed E-state index contributed by atoms with van der Waals surface area (Å²) in [5.74, 6) is -1.25. The van der Waals surface area contributed by atoms with Crippen molar-refractivity contribution in [3.05, 3.63) is 41.0 Å². The fourth-order valence-electron chi connectivity index (χ4n) is 2.04. The molecule has 0 radical (unpaired) electrons. The molecular formula is C15H15ClN2O3. The van der Waals surface area contributed by atoms with E-state index in [1.54, 1.807) is 13.0 Å². The number of carbonyl (C=O) groups is 2. The summed E-state index contributed by atoms with van der Waals surface area (Å²) in [6.45, 7) is 2.36. The van der Waals surface area contributed by atoms with Crippen LogP contribution in [0.15, 0.2) is 30.3 Å². The highest BCUT2D eigenvalue weighted by Gasteiger charge is 2.18. The summed E-state index contributed by atoms with van der Waals surface area (Å²) in [5, 5.41) is 9.96. The van der Waals surface area contributed by atoms with Crippen molar-refractivity contribution in [2.24, 2.45) is 0 Å². The first-order chi connectivity index (χ1) is 10.0. The molecule has 0 saturated carbocycles. The summed E-state index contributed by atoms with van der Waals surface area (Å²) in [5.41, 5.74) is 0.869. The maximum absolute atomic E-state index is 12.4. The Morgan fingerprint density at radius 3 is 2.71 bits per heavy atom. The Labute approximate surface area is 127 Å². The van der Waals surface area contributed by atoms with Crippen LogP contribution in [0.5, 0.6) is 0 Å². The number of carbonyl (C=O) groups excluding carboxylic acids is 1. The van der Waals surface area contributed by atoms with E-state index in [0.29, 0.717) is 17.1 Å². The highest BCUT2D eigenvalue weighted by Crippen LogP contribution is 2.23. The van der Waals surface area contributed by atoms with Gasteiger partial charge in [0.1, 0.15) is 5.69 Å². The van der Waals surface area contributed by atoms with Gasteiger partial charge >= 0.3 is 5.97 Å². The molecule has 6 heteroatoms. The quantitative estimate of drug-likeness (QED) is 0.922. The summed E-state index contributed by atoms with van der Waals surface area (Å²) in [7, 11) is 0. The van der Waals surface area contributed by atoms with Crippen LogP contribution in [0.4, 0.5) is 0 Å². The molecule has 0 aliphatic heterocycles. The third-order valence-corrected chi connectivity index (χ3v) is 3.46. The molecule has 1 aromatic heterocycles. The molecule has 0 aliphatic carbocycles. The number of pyridine rings is 1. The van der Waals surface area contributed by atoms with Gasteiger partial charge in [-0.3, -0.25) is 9.59 Å². The molecule has 1 N–H and O–H groups in total. The number of aliphatic carboxylic acids is 1. The molecule has 0 fully saturated rings. The third kappa shape index (κ3) is 3.49. The van der Waals surface area contributed by atoms with E-state index >= 15 is 0 Å². The molecule has 2 rings (SSSR count). The smallest absolute Gasteiger partial charge is 0.305 e. The number of carboxylic acids is 1. The van der Waals surface area contributed by atoms with E-state index < -0.39 is 5.97 Å². The van der Waals surface area contributed by atoms with Gasteiger partial charge in [0.2, 0.25) is 0 Å². The van der Waals surface area contributed by atoms with Crippen molar-refractivity contribution in [1.82, 2.24) is 9.88 Å². The van der Waals surface area contributed by atoms with Gasteiger partial charge in [-0.05, 0) is 19.1 Å². The van der Waals surface area contributed by atoms with Gasteiger partial charge < -0.3 is 10.0 Å². The van der Waals surface area contributed by atoms with Crippen LogP contribution in [0.3, 0.4) is 0 Å². The minimum absolute atomic E-state index is 0.0963. The highest BCUT2D eigenvalue weighted by atomic mass is 35.5. The lowest BCUT2D eigenvalue weighted by molar-refractivity contribution is -0.137. The molecular weight excluding hydrogens is 292 g/mol. The Hall–Kier alpha value is -2.14. The zero-order chi connectivity index (χ0) is 15.4. The van der Waals surface area contributed by atoms with Crippen LogP contribution in [-0.2, 0) is 4.79 Å².